The number of fused-ring (bicyclic) bond motifs is 2. The first kappa shape index (κ1) is 23.4. The van der Waals surface area contributed by atoms with Crippen LogP contribution in [0.15, 0.2) is 60.7 Å². The van der Waals surface area contributed by atoms with Gasteiger partial charge in [0, 0.05) is 23.4 Å². The average molecular weight is 486 g/mol. The molecule has 0 saturated heterocycles. The zero-order valence-electron chi connectivity index (χ0n) is 20.4. The molecule has 0 bridgehead atoms. The number of nitrogens with one attached hydrogen (secondary N) is 2. The molecule has 2 N–H and O–H groups in total. The Kier molecular flexibility index (Phi) is 6.35. The molecule has 2 heterocycles. The lowest BCUT2D eigenvalue weighted by Gasteiger charge is -2.21. The highest BCUT2D eigenvalue weighted by Gasteiger charge is 2.30. The fourth-order valence-corrected chi connectivity index (χ4v) is 4.35. The maximum Gasteiger partial charge on any atom is 0.337 e. The summed E-state index contributed by atoms with van der Waals surface area (Å²) in [4.78, 5) is 27.4. The largest absolute Gasteiger partial charge is 0.486 e. The lowest BCUT2D eigenvalue weighted by atomic mass is 9.98. The van der Waals surface area contributed by atoms with Gasteiger partial charge in [-0.05, 0) is 62.1 Å². The second kappa shape index (κ2) is 9.75. The molecule has 3 aromatic carbocycles. The second-order valence-electron chi connectivity index (χ2n) is 8.87. The number of hydrogen-bond donors (Lipinski definition) is 2. The molecule has 0 aliphatic carbocycles. The SMILES string of the molecule is COC(=O)c1ccc2c(c1)NC(=O)/C2=C(\Nc1ccc(CN(C)C)cc1)c1ccc2c(c1)OCCO2. The summed E-state index contributed by atoms with van der Waals surface area (Å²) in [5.41, 5.74) is 5.48. The molecular weight excluding hydrogens is 458 g/mol. The summed E-state index contributed by atoms with van der Waals surface area (Å²) in [7, 11) is 5.38. The number of benzene rings is 3. The lowest BCUT2D eigenvalue weighted by molar-refractivity contribution is -0.110. The molecule has 0 aromatic heterocycles. The van der Waals surface area contributed by atoms with Gasteiger partial charge in [0.05, 0.1) is 29.6 Å². The molecule has 184 valence electrons. The number of ether oxygens (including phenoxy) is 3. The zero-order valence-corrected chi connectivity index (χ0v) is 20.4. The van der Waals surface area contributed by atoms with Gasteiger partial charge in [-0.15, -0.1) is 0 Å². The van der Waals surface area contributed by atoms with Gasteiger partial charge < -0.3 is 29.7 Å². The van der Waals surface area contributed by atoms with E-state index in [2.05, 4.69) is 27.7 Å². The maximum atomic E-state index is 13.3. The van der Waals surface area contributed by atoms with Gasteiger partial charge in [0.15, 0.2) is 11.5 Å². The molecule has 1 amide bonds. The van der Waals surface area contributed by atoms with Crippen molar-refractivity contribution in [2.24, 2.45) is 0 Å². The summed E-state index contributed by atoms with van der Waals surface area (Å²) in [6.07, 6.45) is 0. The van der Waals surface area contributed by atoms with Crippen LogP contribution < -0.4 is 20.1 Å². The van der Waals surface area contributed by atoms with E-state index in [1.165, 1.54) is 12.7 Å². The maximum absolute atomic E-state index is 13.3. The normalized spacial score (nSPS) is 15.3. The van der Waals surface area contributed by atoms with E-state index in [0.717, 1.165) is 17.8 Å². The van der Waals surface area contributed by atoms with Crippen LogP contribution in [0.2, 0.25) is 0 Å². The van der Waals surface area contributed by atoms with E-state index in [0.29, 0.717) is 52.8 Å². The third-order valence-corrected chi connectivity index (χ3v) is 5.99. The van der Waals surface area contributed by atoms with E-state index in [4.69, 9.17) is 14.2 Å². The van der Waals surface area contributed by atoms with Crippen molar-refractivity contribution in [3.8, 4) is 11.5 Å². The minimum absolute atomic E-state index is 0.270. The molecule has 0 atom stereocenters. The molecule has 0 fully saturated rings. The molecular formula is C28H27N3O5. The van der Waals surface area contributed by atoms with Crippen molar-refractivity contribution in [2.75, 3.05) is 45.1 Å². The van der Waals surface area contributed by atoms with Crippen molar-refractivity contribution >= 4 is 34.5 Å². The molecule has 0 radical (unpaired) electrons. The minimum Gasteiger partial charge on any atom is -0.486 e. The van der Waals surface area contributed by atoms with Crippen molar-refractivity contribution in [1.29, 1.82) is 0 Å². The van der Waals surface area contributed by atoms with Crippen molar-refractivity contribution in [2.45, 2.75) is 6.54 Å². The molecule has 0 unspecified atom stereocenters. The monoisotopic (exact) mass is 485 g/mol. The summed E-state index contributed by atoms with van der Waals surface area (Å²) in [6.45, 7) is 1.79. The fraction of sp³-hybridized carbons (Fsp3) is 0.214. The minimum atomic E-state index is -0.465. The first-order chi connectivity index (χ1) is 17.4. The quantitative estimate of drug-likeness (QED) is 0.399. The first-order valence-electron chi connectivity index (χ1n) is 11.6. The van der Waals surface area contributed by atoms with Crippen molar-refractivity contribution in [3.63, 3.8) is 0 Å². The van der Waals surface area contributed by atoms with E-state index in [-0.39, 0.29) is 5.91 Å². The average Bonchev–Trinajstić information content (AvgIpc) is 3.21. The van der Waals surface area contributed by atoms with Crippen LogP contribution in [0.25, 0.3) is 11.3 Å². The number of hydrogen-bond acceptors (Lipinski definition) is 7. The topological polar surface area (TPSA) is 89.1 Å². The van der Waals surface area contributed by atoms with Crippen LogP contribution in [0, 0.1) is 0 Å². The number of carbonyl (C=O) groups is 2. The molecule has 2 aliphatic rings. The summed E-state index contributed by atoms with van der Waals surface area (Å²) in [5.74, 6) is 0.558. The van der Waals surface area contributed by atoms with Gasteiger partial charge >= 0.3 is 5.97 Å². The van der Waals surface area contributed by atoms with Crippen LogP contribution in [-0.4, -0.2) is 51.2 Å². The van der Waals surface area contributed by atoms with Gasteiger partial charge in [-0.25, -0.2) is 4.79 Å². The molecule has 5 rings (SSSR count). The predicted molar refractivity (Wildman–Crippen MR) is 138 cm³/mol. The van der Waals surface area contributed by atoms with E-state index >= 15 is 0 Å². The van der Waals surface area contributed by atoms with Gasteiger partial charge in [0.25, 0.3) is 5.91 Å². The highest BCUT2D eigenvalue weighted by molar-refractivity contribution is 6.37. The molecule has 8 heteroatoms. The number of anilines is 2. The Morgan fingerprint density at radius 1 is 0.972 bits per heavy atom. The summed E-state index contributed by atoms with van der Waals surface area (Å²) in [6, 6.07) is 18.8. The summed E-state index contributed by atoms with van der Waals surface area (Å²) >= 11 is 0. The second-order valence-corrected chi connectivity index (χ2v) is 8.87. The fourth-order valence-electron chi connectivity index (χ4n) is 4.35. The standard InChI is InChI=1S/C28H27N3O5/c1-31(2)16-17-4-8-20(9-5-17)29-26(18-7-11-23-24(15-18)36-13-12-35-23)25-21-10-6-19(28(33)34-3)14-22(21)30-27(25)32/h4-11,14-15,29H,12-13,16H2,1-3H3,(H,30,32)/b26-25-. The third kappa shape index (κ3) is 4.63. The highest BCUT2D eigenvalue weighted by atomic mass is 16.6. The zero-order chi connectivity index (χ0) is 25.2. The predicted octanol–water partition coefficient (Wildman–Crippen LogP) is 4.24. The van der Waals surface area contributed by atoms with E-state index in [1.807, 2.05) is 44.4 Å². The van der Waals surface area contributed by atoms with Gasteiger partial charge in [-0.3, -0.25) is 4.79 Å². The van der Waals surface area contributed by atoms with Crippen LogP contribution >= 0.6 is 0 Å². The third-order valence-electron chi connectivity index (χ3n) is 5.99. The number of nitrogens with zero attached hydrogens (tertiary/aromatic N) is 1. The molecule has 0 spiro atoms. The smallest absolute Gasteiger partial charge is 0.337 e. The van der Waals surface area contributed by atoms with Gasteiger partial charge in [-0.2, -0.15) is 0 Å². The summed E-state index contributed by atoms with van der Waals surface area (Å²) < 4.78 is 16.3. The van der Waals surface area contributed by atoms with E-state index in [1.54, 1.807) is 18.2 Å². The number of esters is 1. The Hall–Kier alpha value is -4.30. The van der Waals surface area contributed by atoms with Gasteiger partial charge in [0.2, 0.25) is 0 Å². The van der Waals surface area contributed by atoms with E-state index < -0.39 is 5.97 Å². The molecule has 0 saturated carbocycles. The van der Waals surface area contributed by atoms with Crippen molar-refractivity contribution < 1.29 is 23.8 Å². The molecule has 36 heavy (non-hydrogen) atoms. The van der Waals surface area contributed by atoms with Crippen LogP contribution in [0.1, 0.15) is 27.0 Å². The van der Waals surface area contributed by atoms with Crippen LogP contribution in [0.5, 0.6) is 11.5 Å². The number of methoxy groups -OCH3 is 1. The Morgan fingerprint density at radius 3 is 2.42 bits per heavy atom. The van der Waals surface area contributed by atoms with Gasteiger partial charge in [-0.1, -0.05) is 18.2 Å². The summed E-state index contributed by atoms with van der Waals surface area (Å²) in [5, 5.41) is 6.35. The number of carbonyl (C=O) groups excluding carboxylic acids is 2. The Morgan fingerprint density at radius 2 is 1.69 bits per heavy atom. The number of rotatable bonds is 6. The molecule has 2 aliphatic heterocycles. The lowest BCUT2D eigenvalue weighted by Crippen LogP contribution is -2.16. The van der Waals surface area contributed by atoms with Crippen LogP contribution in [-0.2, 0) is 16.1 Å². The van der Waals surface area contributed by atoms with Crippen LogP contribution in [0.3, 0.4) is 0 Å². The van der Waals surface area contributed by atoms with Gasteiger partial charge in [0.1, 0.15) is 13.2 Å². The first-order valence-corrected chi connectivity index (χ1v) is 11.6. The van der Waals surface area contributed by atoms with E-state index in [9.17, 15) is 9.59 Å². The molecule has 3 aromatic rings. The van der Waals surface area contributed by atoms with Crippen LogP contribution in [0.4, 0.5) is 11.4 Å². The van der Waals surface area contributed by atoms with Crippen molar-refractivity contribution in [3.05, 3.63) is 82.9 Å². The Balaban J connectivity index is 1.61. The highest BCUT2D eigenvalue weighted by Crippen LogP contribution is 2.40. The molecule has 8 nitrogen and oxygen atoms in total. The Bertz CT molecular complexity index is 1360. The number of amides is 1. The van der Waals surface area contributed by atoms with Crippen molar-refractivity contribution in [1.82, 2.24) is 4.90 Å². The Labute approximate surface area is 209 Å².